The average molecular weight is 486 g/mol. The molecule has 6 heteroatoms. The molecule has 0 saturated heterocycles. The van der Waals surface area contributed by atoms with E-state index in [1.807, 2.05) is 90.3 Å². The maximum absolute atomic E-state index is 13.2. The predicted molar refractivity (Wildman–Crippen MR) is 130 cm³/mol. The Morgan fingerprint density at radius 1 is 0.806 bits per heavy atom. The lowest BCUT2D eigenvalue weighted by molar-refractivity contribution is 0.102. The first kappa shape index (κ1) is 19.6. The lowest BCUT2D eigenvalue weighted by atomic mass is 10.0. The second-order valence-electron chi connectivity index (χ2n) is 6.94. The minimum atomic E-state index is -0.201. The van der Waals surface area contributed by atoms with Crippen molar-refractivity contribution < 1.29 is 4.79 Å². The molecule has 2 aromatic heterocycles. The van der Waals surface area contributed by atoms with E-state index in [4.69, 9.17) is 4.98 Å². The molecule has 5 rings (SSSR count). The first-order chi connectivity index (χ1) is 15.2. The number of anilines is 1. The van der Waals surface area contributed by atoms with E-state index in [1.165, 1.54) is 11.3 Å². The van der Waals surface area contributed by atoms with Crippen LogP contribution in [0.25, 0.3) is 33.4 Å². The van der Waals surface area contributed by atoms with E-state index in [-0.39, 0.29) is 5.91 Å². The molecule has 0 saturated carbocycles. The number of nitrogens with zero attached hydrogens (tertiary/aromatic N) is 2. The Kier molecular flexibility index (Phi) is 5.32. The standard InChI is InChI=1S/C25H16BrN3OS/c26-18-12-10-17(11-13-18)23-15-31-25(28-23)29-24(30)20-14-22(16-6-2-1-3-7-16)27-21-9-5-4-8-19(20)21/h1-15H,(H,28,29,30). The van der Waals surface area contributed by atoms with Gasteiger partial charge in [-0.3, -0.25) is 10.1 Å². The molecule has 4 nitrogen and oxygen atoms in total. The van der Waals surface area contributed by atoms with Crippen LogP contribution in [0, 0.1) is 0 Å². The van der Waals surface area contributed by atoms with Crippen LogP contribution in [0.3, 0.4) is 0 Å². The number of benzene rings is 3. The van der Waals surface area contributed by atoms with Gasteiger partial charge in [-0.2, -0.15) is 0 Å². The highest BCUT2D eigenvalue weighted by molar-refractivity contribution is 9.10. The highest BCUT2D eigenvalue weighted by Gasteiger charge is 2.16. The summed E-state index contributed by atoms with van der Waals surface area (Å²) in [4.78, 5) is 22.6. The molecule has 5 aromatic rings. The predicted octanol–water partition coefficient (Wildman–Crippen LogP) is 7.04. The van der Waals surface area contributed by atoms with Gasteiger partial charge in [-0.05, 0) is 24.3 Å². The van der Waals surface area contributed by atoms with E-state index in [9.17, 15) is 4.79 Å². The van der Waals surface area contributed by atoms with Crippen molar-refractivity contribution in [1.82, 2.24) is 9.97 Å². The third kappa shape index (κ3) is 4.13. The first-order valence-electron chi connectivity index (χ1n) is 9.65. The molecule has 150 valence electrons. The van der Waals surface area contributed by atoms with Crippen LogP contribution in [-0.4, -0.2) is 15.9 Å². The summed E-state index contributed by atoms with van der Waals surface area (Å²) >= 11 is 4.85. The summed E-state index contributed by atoms with van der Waals surface area (Å²) in [5.74, 6) is -0.201. The van der Waals surface area contributed by atoms with Gasteiger partial charge in [0.25, 0.3) is 5.91 Å². The number of hydrogen-bond acceptors (Lipinski definition) is 4. The number of carbonyl (C=O) groups excluding carboxylic acids is 1. The zero-order valence-corrected chi connectivity index (χ0v) is 18.7. The van der Waals surface area contributed by atoms with Gasteiger partial charge in [-0.15, -0.1) is 11.3 Å². The quantitative estimate of drug-likeness (QED) is 0.297. The second-order valence-corrected chi connectivity index (χ2v) is 8.71. The Bertz CT molecular complexity index is 1380. The van der Waals surface area contributed by atoms with Gasteiger partial charge >= 0.3 is 0 Å². The van der Waals surface area contributed by atoms with Crippen LogP contribution in [0.5, 0.6) is 0 Å². The molecule has 31 heavy (non-hydrogen) atoms. The minimum Gasteiger partial charge on any atom is -0.298 e. The lowest BCUT2D eigenvalue weighted by Crippen LogP contribution is -2.13. The Balaban J connectivity index is 1.49. The van der Waals surface area contributed by atoms with Crippen LogP contribution in [0.2, 0.25) is 0 Å². The van der Waals surface area contributed by atoms with E-state index < -0.39 is 0 Å². The van der Waals surface area contributed by atoms with Crippen LogP contribution in [-0.2, 0) is 0 Å². The number of aromatic nitrogens is 2. The van der Waals surface area contributed by atoms with Crippen LogP contribution in [0.15, 0.2) is 94.8 Å². The zero-order chi connectivity index (χ0) is 21.2. The van der Waals surface area contributed by atoms with Crippen molar-refractivity contribution >= 4 is 49.2 Å². The first-order valence-corrected chi connectivity index (χ1v) is 11.3. The van der Waals surface area contributed by atoms with E-state index in [0.717, 1.165) is 37.9 Å². The molecule has 0 aliphatic carbocycles. The van der Waals surface area contributed by atoms with Crippen molar-refractivity contribution in [2.75, 3.05) is 5.32 Å². The number of nitrogens with one attached hydrogen (secondary N) is 1. The summed E-state index contributed by atoms with van der Waals surface area (Å²) in [6.45, 7) is 0. The molecular weight excluding hydrogens is 470 g/mol. The van der Waals surface area contributed by atoms with E-state index >= 15 is 0 Å². The summed E-state index contributed by atoms with van der Waals surface area (Å²) < 4.78 is 1.01. The smallest absolute Gasteiger partial charge is 0.258 e. The SMILES string of the molecule is O=C(Nc1nc(-c2ccc(Br)cc2)cs1)c1cc(-c2ccccc2)nc2ccccc12. The molecule has 0 atom stereocenters. The van der Waals surface area contributed by atoms with Crippen molar-refractivity contribution in [2.24, 2.45) is 0 Å². The third-order valence-electron chi connectivity index (χ3n) is 4.89. The molecule has 0 radical (unpaired) electrons. The number of amides is 1. The maximum Gasteiger partial charge on any atom is 0.258 e. The number of thiazole rings is 1. The Labute approximate surface area is 191 Å². The number of rotatable bonds is 4. The van der Waals surface area contributed by atoms with Crippen molar-refractivity contribution in [3.8, 4) is 22.5 Å². The van der Waals surface area contributed by atoms with Crippen molar-refractivity contribution in [2.45, 2.75) is 0 Å². The maximum atomic E-state index is 13.2. The largest absolute Gasteiger partial charge is 0.298 e. The van der Waals surface area contributed by atoms with Gasteiger partial charge in [-0.1, -0.05) is 76.6 Å². The molecule has 0 fully saturated rings. The fraction of sp³-hybridized carbons (Fsp3) is 0. The number of halogens is 1. The van der Waals surface area contributed by atoms with Gasteiger partial charge in [0.1, 0.15) is 0 Å². The number of fused-ring (bicyclic) bond motifs is 1. The van der Waals surface area contributed by atoms with Crippen LogP contribution in [0.1, 0.15) is 10.4 Å². The zero-order valence-electron chi connectivity index (χ0n) is 16.2. The monoisotopic (exact) mass is 485 g/mol. The van der Waals surface area contributed by atoms with Crippen LogP contribution in [0.4, 0.5) is 5.13 Å². The summed E-state index contributed by atoms with van der Waals surface area (Å²) in [6, 6.07) is 27.3. The molecule has 1 amide bonds. The molecule has 0 aliphatic heterocycles. The Morgan fingerprint density at radius 3 is 2.32 bits per heavy atom. The number of hydrogen-bond donors (Lipinski definition) is 1. The molecular formula is C25H16BrN3OS. The molecule has 3 aromatic carbocycles. The van der Waals surface area contributed by atoms with E-state index in [1.54, 1.807) is 0 Å². The molecule has 2 heterocycles. The molecule has 0 aliphatic rings. The Morgan fingerprint density at radius 2 is 1.52 bits per heavy atom. The second kappa shape index (κ2) is 8.41. The molecule has 0 bridgehead atoms. The average Bonchev–Trinajstić information content (AvgIpc) is 3.27. The third-order valence-corrected chi connectivity index (χ3v) is 6.18. The number of para-hydroxylation sites is 1. The highest BCUT2D eigenvalue weighted by atomic mass is 79.9. The molecule has 1 N–H and O–H groups in total. The van der Waals surface area contributed by atoms with Gasteiger partial charge in [0.2, 0.25) is 0 Å². The summed E-state index contributed by atoms with van der Waals surface area (Å²) in [6.07, 6.45) is 0. The lowest BCUT2D eigenvalue weighted by Gasteiger charge is -2.09. The fourth-order valence-electron chi connectivity index (χ4n) is 3.37. The highest BCUT2D eigenvalue weighted by Crippen LogP contribution is 2.28. The van der Waals surface area contributed by atoms with Crippen LogP contribution >= 0.6 is 27.3 Å². The van der Waals surface area contributed by atoms with Gasteiger partial charge in [0.15, 0.2) is 5.13 Å². The topological polar surface area (TPSA) is 54.9 Å². The van der Waals surface area contributed by atoms with Crippen molar-refractivity contribution in [1.29, 1.82) is 0 Å². The fourth-order valence-corrected chi connectivity index (χ4v) is 4.35. The summed E-state index contributed by atoms with van der Waals surface area (Å²) in [7, 11) is 0. The van der Waals surface area contributed by atoms with Gasteiger partial charge < -0.3 is 0 Å². The van der Waals surface area contributed by atoms with Gasteiger partial charge in [-0.25, -0.2) is 9.97 Å². The van der Waals surface area contributed by atoms with Gasteiger partial charge in [0.05, 0.1) is 22.5 Å². The van der Waals surface area contributed by atoms with Crippen molar-refractivity contribution in [3.63, 3.8) is 0 Å². The van der Waals surface area contributed by atoms with Crippen LogP contribution < -0.4 is 5.32 Å². The Hall–Kier alpha value is -3.35. The van der Waals surface area contributed by atoms with Gasteiger partial charge in [0, 0.05) is 26.4 Å². The van der Waals surface area contributed by atoms with E-state index in [2.05, 4.69) is 26.2 Å². The van der Waals surface area contributed by atoms with E-state index in [0.29, 0.717) is 10.7 Å². The summed E-state index contributed by atoms with van der Waals surface area (Å²) in [5, 5.41) is 6.28. The number of pyridine rings is 1. The molecule has 0 spiro atoms. The normalized spacial score (nSPS) is 10.9. The molecule has 0 unspecified atom stereocenters. The number of carbonyl (C=O) groups is 1. The minimum absolute atomic E-state index is 0.201. The summed E-state index contributed by atoms with van der Waals surface area (Å²) in [5.41, 5.74) is 4.92. The van der Waals surface area contributed by atoms with Crippen molar-refractivity contribution in [3.05, 3.63) is 100 Å².